The molecule has 0 amide bonds. The topological polar surface area (TPSA) is 52.3 Å². The van der Waals surface area contributed by atoms with Gasteiger partial charge in [0.15, 0.2) is 11.5 Å². The van der Waals surface area contributed by atoms with Gasteiger partial charge in [-0.1, -0.05) is 11.6 Å². The number of rotatable bonds is 2. The van der Waals surface area contributed by atoms with Gasteiger partial charge < -0.3 is 4.74 Å². The lowest BCUT2D eigenvalue weighted by atomic mass is 10.2. The molecule has 7 heteroatoms. The summed E-state index contributed by atoms with van der Waals surface area (Å²) in [6.45, 7) is 0. The predicted molar refractivity (Wildman–Crippen MR) is 67.7 cm³/mol. The fraction of sp³-hybridized carbons (Fsp3) is 0.0833. The van der Waals surface area contributed by atoms with Gasteiger partial charge in [0, 0.05) is 0 Å². The second-order valence-corrected chi connectivity index (χ2v) is 4.18. The molecule has 3 rings (SSSR count). The molecule has 19 heavy (non-hydrogen) atoms. The molecule has 0 spiro atoms. The van der Waals surface area contributed by atoms with Crippen molar-refractivity contribution in [2.75, 3.05) is 7.11 Å². The van der Waals surface area contributed by atoms with Crippen molar-refractivity contribution in [1.29, 1.82) is 0 Å². The molecule has 2 heterocycles. The molecule has 0 aliphatic carbocycles. The highest BCUT2D eigenvalue weighted by Gasteiger charge is 2.14. The molecule has 0 atom stereocenters. The monoisotopic (exact) mass is 278 g/mol. The van der Waals surface area contributed by atoms with Crippen LogP contribution in [0.2, 0.25) is 5.15 Å². The van der Waals surface area contributed by atoms with E-state index >= 15 is 0 Å². The molecule has 0 radical (unpaired) electrons. The standard InChI is InChI=1S/C12H8ClFN4O/c1-19-7-2-3-9(14)8(6-7)12-16-15-11-5-4-10(13)17-18(11)12/h2-6H,1H3. The SMILES string of the molecule is COc1ccc(F)c(-c2nnc3ccc(Cl)nn23)c1. The second-order valence-electron chi connectivity index (χ2n) is 3.80. The molecule has 2 aromatic heterocycles. The maximum absolute atomic E-state index is 13.9. The van der Waals surface area contributed by atoms with Crippen LogP contribution in [0.15, 0.2) is 30.3 Å². The first-order valence-electron chi connectivity index (χ1n) is 5.41. The Bertz CT molecular complexity index is 759. The third-order valence-electron chi connectivity index (χ3n) is 2.64. The van der Waals surface area contributed by atoms with Crippen molar-refractivity contribution < 1.29 is 9.13 Å². The lowest BCUT2D eigenvalue weighted by molar-refractivity contribution is 0.414. The summed E-state index contributed by atoms with van der Waals surface area (Å²) < 4.78 is 20.4. The summed E-state index contributed by atoms with van der Waals surface area (Å²) in [7, 11) is 1.51. The van der Waals surface area contributed by atoms with Crippen LogP contribution in [0.4, 0.5) is 4.39 Å². The smallest absolute Gasteiger partial charge is 0.188 e. The first-order valence-corrected chi connectivity index (χ1v) is 5.79. The molecule has 0 unspecified atom stereocenters. The summed E-state index contributed by atoms with van der Waals surface area (Å²) in [5.41, 5.74) is 0.739. The van der Waals surface area contributed by atoms with E-state index in [4.69, 9.17) is 16.3 Å². The summed E-state index contributed by atoms with van der Waals surface area (Å²) in [5, 5.41) is 12.2. The summed E-state index contributed by atoms with van der Waals surface area (Å²) in [6.07, 6.45) is 0. The molecule has 0 saturated heterocycles. The van der Waals surface area contributed by atoms with E-state index in [0.29, 0.717) is 11.4 Å². The number of nitrogens with zero attached hydrogens (tertiary/aromatic N) is 4. The van der Waals surface area contributed by atoms with Crippen LogP contribution in [0.1, 0.15) is 0 Å². The molecule has 3 aromatic rings. The fourth-order valence-corrected chi connectivity index (χ4v) is 1.88. The van der Waals surface area contributed by atoms with Crippen LogP contribution >= 0.6 is 11.6 Å². The zero-order valence-electron chi connectivity index (χ0n) is 9.84. The van der Waals surface area contributed by atoms with Crippen molar-refractivity contribution in [3.05, 3.63) is 41.3 Å². The van der Waals surface area contributed by atoms with E-state index in [1.54, 1.807) is 12.1 Å². The molecule has 0 bridgehead atoms. The first kappa shape index (κ1) is 11.9. The Morgan fingerprint density at radius 2 is 2.05 bits per heavy atom. The summed E-state index contributed by atoms with van der Waals surface area (Å²) in [4.78, 5) is 0. The van der Waals surface area contributed by atoms with Crippen LogP contribution in [0.3, 0.4) is 0 Å². The van der Waals surface area contributed by atoms with E-state index in [-0.39, 0.29) is 16.5 Å². The molecule has 5 nitrogen and oxygen atoms in total. The summed E-state index contributed by atoms with van der Waals surface area (Å²) in [6, 6.07) is 7.62. The van der Waals surface area contributed by atoms with Gasteiger partial charge in [-0.2, -0.15) is 9.61 Å². The minimum atomic E-state index is -0.433. The number of hydrogen-bond acceptors (Lipinski definition) is 4. The van der Waals surface area contributed by atoms with Crippen LogP contribution in [-0.4, -0.2) is 26.9 Å². The van der Waals surface area contributed by atoms with E-state index in [1.807, 2.05) is 0 Å². The third-order valence-corrected chi connectivity index (χ3v) is 2.85. The Hall–Kier alpha value is -2.21. The summed E-state index contributed by atoms with van der Waals surface area (Å²) in [5.74, 6) is 0.362. The molecule has 1 aromatic carbocycles. The molecule has 96 valence electrons. The number of aromatic nitrogens is 4. The van der Waals surface area contributed by atoms with E-state index in [0.717, 1.165) is 0 Å². The second kappa shape index (κ2) is 4.47. The largest absolute Gasteiger partial charge is 0.497 e. The molecule has 0 aliphatic heterocycles. The Labute approximate surface area is 112 Å². The Morgan fingerprint density at radius 3 is 2.84 bits per heavy atom. The first-order chi connectivity index (χ1) is 9.19. The van der Waals surface area contributed by atoms with Gasteiger partial charge >= 0.3 is 0 Å². The van der Waals surface area contributed by atoms with Crippen LogP contribution in [0.25, 0.3) is 17.0 Å². The number of fused-ring (bicyclic) bond motifs is 1. The van der Waals surface area contributed by atoms with Gasteiger partial charge in [-0.25, -0.2) is 4.39 Å². The quantitative estimate of drug-likeness (QED) is 0.723. The minimum Gasteiger partial charge on any atom is -0.497 e. The number of halogens is 2. The molecular formula is C12H8ClFN4O. The maximum Gasteiger partial charge on any atom is 0.188 e. The lowest BCUT2D eigenvalue weighted by Crippen LogP contribution is -1.97. The van der Waals surface area contributed by atoms with Crippen LogP contribution in [-0.2, 0) is 0 Å². The highest BCUT2D eigenvalue weighted by Crippen LogP contribution is 2.26. The highest BCUT2D eigenvalue weighted by molar-refractivity contribution is 6.29. The van der Waals surface area contributed by atoms with E-state index in [9.17, 15) is 4.39 Å². The molecule has 0 N–H and O–H groups in total. The third kappa shape index (κ3) is 2.00. The van der Waals surface area contributed by atoms with Gasteiger partial charge in [0.05, 0.1) is 12.7 Å². The summed E-state index contributed by atoms with van der Waals surface area (Å²) >= 11 is 5.83. The van der Waals surface area contributed by atoms with Crippen molar-refractivity contribution in [2.45, 2.75) is 0 Å². The van der Waals surface area contributed by atoms with Crippen molar-refractivity contribution in [2.24, 2.45) is 0 Å². The number of ether oxygens (including phenoxy) is 1. The Balaban J connectivity index is 2.26. The van der Waals surface area contributed by atoms with Gasteiger partial charge in [0.2, 0.25) is 0 Å². The van der Waals surface area contributed by atoms with E-state index in [2.05, 4.69) is 15.3 Å². The van der Waals surface area contributed by atoms with E-state index < -0.39 is 5.82 Å². The zero-order valence-corrected chi connectivity index (χ0v) is 10.6. The van der Waals surface area contributed by atoms with Crippen molar-refractivity contribution in [3.63, 3.8) is 0 Å². The normalized spacial score (nSPS) is 10.9. The number of benzene rings is 1. The average Bonchev–Trinajstić information content (AvgIpc) is 2.82. The zero-order chi connectivity index (χ0) is 13.4. The fourth-order valence-electron chi connectivity index (χ4n) is 1.74. The number of hydrogen-bond donors (Lipinski definition) is 0. The molecule has 0 aliphatic rings. The molecule has 0 fully saturated rings. The minimum absolute atomic E-state index is 0.251. The highest BCUT2D eigenvalue weighted by atomic mass is 35.5. The molecule has 0 saturated carbocycles. The maximum atomic E-state index is 13.9. The van der Waals surface area contributed by atoms with Crippen LogP contribution in [0, 0.1) is 5.82 Å². The van der Waals surface area contributed by atoms with Gasteiger partial charge in [0.1, 0.15) is 16.7 Å². The van der Waals surface area contributed by atoms with Crippen molar-refractivity contribution >= 4 is 17.2 Å². The number of methoxy groups -OCH3 is 1. The van der Waals surface area contributed by atoms with Gasteiger partial charge in [-0.3, -0.25) is 0 Å². The van der Waals surface area contributed by atoms with E-state index in [1.165, 1.54) is 29.8 Å². The van der Waals surface area contributed by atoms with Crippen molar-refractivity contribution in [1.82, 2.24) is 19.8 Å². The molecular weight excluding hydrogens is 271 g/mol. The van der Waals surface area contributed by atoms with Gasteiger partial charge in [-0.05, 0) is 30.3 Å². The van der Waals surface area contributed by atoms with Gasteiger partial charge in [0.25, 0.3) is 0 Å². The van der Waals surface area contributed by atoms with Crippen LogP contribution in [0.5, 0.6) is 5.75 Å². The predicted octanol–water partition coefficient (Wildman–Crippen LogP) is 2.59. The van der Waals surface area contributed by atoms with Crippen molar-refractivity contribution in [3.8, 4) is 17.1 Å². The van der Waals surface area contributed by atoms with Gasteiger partial charge in [-0.15, -0.1) is 10.2 Å². The average molecular weight is 279 g/mol. The Kier molecular flexibility index (Phi) is 2.79. The van der Waals surface area contributed by atoms with Crippen LogP contribution < -0.4 is 4.74 Å². The lowest BCUT2D eigenvalue weighted by Gasteiger charge is -2.04. The Morgan fingerprint density at radius 1 is 1.21 bits per heavy atom.